The van der Waals surface area contributed by atoms with Crippen molar-refractivity contribution in [3.8, 4) is 5.75 Å². The van der Waals surface area contributed by atoms with E-state index >= 15 is 0 Å². The summed E-state index contributed by atoms with van der Waals surface area (Å²) in [4.78, 5) is 17.5. The normalized spacial score (nSPS) is 11.1. The lowest BCUT2D eigenvalue weighted by Gasteiger charge is -2.07. The highest BCUT2D eigenvalue weighted by Gasteiger charge is 2.08. The molecule has 3 rings (SSSR count). The molecule has 3 aromatic rings. The second-order valence-electron chi connectivity index (χ2n) is 5.71. The Balaban J connectivity index is 1.65. The van der Waals surface area contributed by atoms with Gasteiger partial charge in [0.15, 0.2) is 0 Å². The number of methoxy groups -OCH3 is 1. The summed E-state index contributed by atoms with van der Waals surface area (Å²) in [5, 5.41) is 1.30. The number of hydrogen-bond acceptors (Lipinski definition) is 5. The minimum absolute atomic E-state index is 0.0673. The van der Waals surface area contributed by atoms with E-state index < -0.39 is 5.97 Å². The van der Waals surface area contributed by atoms with Crippen LogP contribution in [-0.2, 0) is 16.1 Å². The van der Waals surface area contributed by atoms with Gasteiger partial charge in [-0.25, -0.2) is 9.78 Å². The highest BCUT2D eigenvalue weighted by Crippen LogP contribution is 2.25. The molecule has 0 fully saturated rings. The molecule has 0 atom stereocenters. The van der Waals surface area contributed by atoms with Crippen molar-refractivity contribution in [3.63, 3.8) is 0 Å². The summed E-state index contributed by atoms with van der Waals surface area (Å²) in [5.74, 6) is 0.317. The van der Waals surface area contributed by atoms with Gasteiger partial charge in [-0.3, -0.25) is 0 Å². The van der Waals surface area contributed by atoms with E-state index in [2.05, 4.69) is 4.98 Å². The predicted molar refractivity (Wildman–Crippen MR) is 110 cm³/mol. The molecule has 0 saturated heterocycles. The van der Waals surface area contributed by atoms with Gasteiger partial charge in [-0.15, -0.1) is 11.8 Å². The predicted octanol–water partition coefficient (Wildman–Crippen LogP) is 5.38. The number of esters is 1. The van der Waals surface area contributed by atoms with E-state index in [4.69, 9.17) is 21.1 Å². The van der Waals surface area contributed by atoms with Crippen molar-refractivity contribution in [3.05, 3.63) is 70.9 Å². The van der Waals surface area contributed by atoms with Crippen LogP contribution in [0.4, 0.5) is 0 Å². The van der Waals surface area contributed by atoms with Gasteiger partial charge in [0.1, 0.15) is 17.5 Å². The topological polar surface area (TPSA) is 48.4 Å². The maximum absolute atomic E-state index is 12.0. The van der Waals surface area contributed by atoms with Gasteiger partial charge < -0.3 is 9.47 Å². The Morgan fingerprint density at radius 3 is 2.67 bits per heavy atom. The number of nitrogens with zero attached hydrogens (tertiary/aromatic N) is 1. The van der Waals surface area contributed by atoms with Gasteiger partial charge >= 0.3 is 5.97 Å². The third-order valence-corrected chi connectivity index (χ3v) is 5.00. The van der Waals surface area contributed by atoms with Gasteiger partial charge in [0.25, 0.3) is 0 Å². The fourth-order valence-corrected chi connectivity index (χ4v) is 3.11. The summed E-state index contributed by atoms with van der Waals surface area (Å²) in [6.45, 7) is 0.0673. The minimum Gasteiger partial charge on any atom is -0.497 e. The van der Waals surface area contributed by atoms with Crippen LogP contribution in [0.25, 0.3) is 17.0 Å². The van der Waals surface area contributed by atoms with Crippen LogP contribution in [0.1, 0.15) is 11.1 Å². The molecule has 0 unspecified atom stereocenters. The smallest absolute Gasteiger partial charge is 0.331 e. The molecule has 0 spiro atoms. The zero-order valence-corrected chi connectivity index (χ0v) is 16.5. The van der Waals surface area contributed by atoms with E-state index in [0.717, 1.165) is 27.1 Å². The summed E-state index contributed by atoms with van der Waals surface area (Å²) in [6, 6.07) is 15.3. The highest BCUT2D eigenvalue weighted by atomic mass is 35.5. The van der Waals surface area contributed by atoms with Gasteiger partial charge in [0, 0.05) is 21.9 Å². The summed E-state index contributed by atoms with van der Waals surface area (Å²) in [7, 11) is 1.61. The van der Waals surface area contributed by atoms with Crippen molar-refractivity contribution >= 4 is 46.3 Å². The standard InChI is InChI=1S/C21H18ClNO3S/c1-25-17-7-3-14(4-8-17)5-10-20(24)26-13-16-11-15-6-9-18(27-2)12-19(15)23-21(16)22/h3-12H,13H2,1-2H3/b10-5+. The molecule has 0 N–H and O–H groups in total. The van der Waals surface area contributed by atoms with Gasteiger partial charge in [-0.1, -0.05) is 29.8 Å². The van der Waals surface area contributed by atoms with Crippen molar-refractivity contribution in [2.75, 3.05) is 13.4 Å². The number of thioether (sulfide) groups is 1. The van der Waals surface area contributed by atoms with Crippen LogP contribution in [0.3, 0.4) is 0 Å². The Morgan fingerprint density at radius 2 is 1.96 bits per heavy atom. The van der Waals surface area contributed by atoms with Crippen molar-refractivity contribution in [2.45, 2.75) is 11.5 Å². The van der Waals surface area contributed by atoms with E-state index in [1.165, 1.54) is 6.08 Å². The first-order valence-corrected chi connectivity index (χ1v) is 9.81. The van der Waals surface area contributed by atoms with Crippen LogP contribution < -0.4 is 4.74 Å². The second-order valence-corrected chi connectivity index (χ2v) is 6.95. The van der Waals surface area contributed by atoms with Gasteiger partial charge in [-0.2, -0.15) is 0 Å². The highest BCUT2D eigenvalue weighted by molar-refractivity contribution is 7.98. The number of aromatic nitrogens is 1. The average Bonchev–Trinajstić information content (AvgIpc) is 2.70. The molecule has 2 aromatic carbocycles. The summed E-state index contributed by atoms with van der Waals surface area (Å²) >= 11 is 7.89. The quantitative estimate of drug-likeness (QED) is 0.241. The molecule has 1 aromatic heterocycles. The molecule has 4 nitrogen and oxygen atoms in total. The number of halogens is 1. The number of fused-ring (bicyclic) bond motifs is 1. The monoisotopic (exact) mass is 399 g/mol. The van der Waals surface area contributed by atoms with Crippen molar-refractivity contribution in [1.82, 2.24) is 4.98 Å². The molecular weight excluding hydrogens is 382 g/mol. The molecule has 6 heteroatoms. The number of ether oxygens (including phenoxy) is 2. The van der Waals surface area contributed by atoms with Crippen LogP contribution in [0.2, 0.25) is 5.15 Å². The molecule has 138 valence electrons. The second kappa shape index (κ2) is 8.93. The van der Waals surface area contributed by atoms with Crippen LogP contribution in [0.15, 0.2) is 59.5 Å². The van der Waals surface area contributed by atoms with Crippen molar-refractivity contribution in [1.29, 1.82) is 0 Å². The van der Waals surface area contributed by atoms with Crippen LogP contribution in [-0.4, -0.2) is 24.3 Å². The minimum atomic E-state index is -0.445. The first-order valence-electron chi connectivity index (χ1n) is 8.21. The molecule has 1 heterocycles. The van der Waals surface area contributed by atoms with E-state index in [0.29, 0.717) is 10.7 Å². The molecule has 0 radical (unpaired) electrons. The van der Waals surface area contributed by atoms with E-state index in [9.17, 15) is 4.79 Å². The average molecular weight is 400 g/mol. The Labute approximate surface area is 167 Å². The SMILES string of the molecule is COc1ccc(/C=C/C(=O)OCc2cc3ccc(SC)cc3nc2Cl)cc1. The molecule has 0 aliphatic rings. The first kappa shape index (κ1) is 19.3. The van der Waals surface area contributed by atoms with Crippen molar-refractivity contribution in [2.24, 2.45) is 0 Å². The molecule has 27 heavy (non-hydrogen) atoms. The summed E-state index contributed by atoms with van der Waals surface area (Å²) in [5.41, 5.74) is 2.37. The van der Waals surface area contributed by atoms with Gasteiger partial charge in [0.05, 0.1) is 12.6 Å². The summed E-state index contributed by atoms with van der Waals surface area (Å²) in [6.07, 6.45) is 5.08. The molecule has 0 amide bonds. The van der Waals surface area contributed by atoms with Gasteiger partial charge in [-0.05, 0) is 48.2 Å². The number of carbonyl (C=O) groups is 1. The third-order valence-electron chi connectivity index (χ3n) is 3.95. The number of hydrogen-bond donors (Lipinski definition) is 0. The molecular formula is C21H18ClNO3S. The lowest BCUT2D eigenvalue weighted by molar-refractivity contribution is -0.138. The zero-order valence-electron chi connectivity index (χ0n) is 14.9. The fourth-order valence-electron chi connectivity index (χ4n) is 2.47. The maximum atomic E-state index is 12.0. The first-order chi connectivity index (χ1) is 13.1. The molecule has 0 bridgehead atoms. The largest absolute Gasteiger partial charge is 0.497 e. The summed E-state index contributed by atoms with van der Waals surface area (Å²) < 4.78 is 10.4. The van der Waals surface area contributed by atoms with Crippen LogP contribution >= 0.6 is 23.4 Å². The van der Waals surface area contributed by atoms with Crippen molar-refractivity contribution < 1.29 is 14.3 Å². The lowest BCUT2D eigenvalue weighted by atomic mass is 10.1. The van der Waals surface area contributed by atoms with E-state index in [1.807, 2.05) is 54.8 Å². The Morgan fingerprint density at radius 1 is 1.19 bits per heavy atom. The number of pyridine rings is 1. The zero-order chi connectivity index (χ0) is 19.2. The van der Waals surface area contributed by atoms with Crippen LogP contribution in [0, 0.1) is 0 Å². The fraction of sp³-hybridized carbons (Fsp3) is 0.143. The van der Waals surface area contributed by atoms with E-state index in [1.54, 1.807) is 24.9 Å². The number of rotatable bonds is 6. The lowest BCUT2D eigenvalue weighted by Crippen LogP contribution is -2.02. The van der Waals surface area contributed by atoms with Crippen LogP contribution in [0.5, 0.6) is 5.75 Å². The van der Waals surface area contributed by atoms with E-state index in [-0.39, 0.29) is 6.61 Å². The Hall–Kier alpha value is -2.50. The Bertz CT molecular complexity index is 987. The van der Waals surface area contributed by atoms with Gasteiger partial charge in [0.2, 0.25) is 0 Å². The third kappa shape index (κ3) is 5.02. The number of benzene rings is 2. The molecule has 0 aliphatic carbocycles. The number of carbonyl (C=O) groups excluding carboxylic acids is 1. The Kier molecular flexibility index (Phi) is 6.37. The molecule has 0 aliphatic heterocycles. The molecule has 0 saturated carbocycles. The maximum Gasteiger partial charge on any atom is 0.331 e.